The third-order valence-electron chi connectivity index (χ3n) is 5.20. The van der Waals surface area contributed by atoms with Crippen molar-refractivity contribution in [2.75, 3.05) is 32.7 Å². The summed E-state index contributed by atoms with van der Waals surface area (Å²) in [5, 5.41) is 2.84. The zero-order valence-electron chi connectivity index (χ0n) is 18.9. The van der Waals surface area contributed by atoms with Crippen LogP contribution in [0.1, 0.15) is 45.6 Å². The van der Waals surface area contributed by atoms with Crippen molar-refractivity contribution in [1.82, 2.24) is 15.1 Å². The minimum absolute atomic E-state index is 0.00423. The van der Waals surface area contributed by atoms with E-state index in [-0.39, 0.29) is 12.3 Å². The Bertz CT molecular complexity index is 725. The van der Waals surface area contributed by atoms with E-state index in [9.17, 15) is 14.4 Å². The van der Waals surface area contributed by atoms with Gasteiger partial charge in [-0.15, -0.1) is 0 Å². The van der Waals surface area contributed by atoms with Crippen LogP contribution in [0.15, 0.2) is 30.3 Å². The lowest BCUT2D eigenvalue weighted by Crippen LogP contribution is -2.45. The van der Waals surface area contributed by atoms with E-state index in [1.165, 1.54) is 0 Å². The third kappa shape index (κ3) is 9.83. The molecule has 1 fully saturated rings. The molecule has 0 radical (unpaired) electrons. The van der Waals surface area contributed by atoms with Crippen molar-refractivity contribution in [2.45, 2.75) is 52.2 Å². The Morgan fingerprint density at radius 3 is 2.39 bits per heavy atom. The molecule has 1 aliphatic heterocycles. The summed E-state index contributed by atoms with van der Waals surface area (Å²) in [6, 6.07) is 9.73. The molecular weight excluding hydrogens is 396 g/mol. The number of piperidine rings is 1. The fourth-order valence-electron chi connectivity index (χ4n) is 3.52. The second-order valence-corrected chi connectivity index (χ2v) is 9.12. The van der Waals surface area contributed by atoms with Crippen molar-refractivity contribution in [3.8, 4) is 0 Å². The minimum Gasteiger partial charge on any atom is -0.444 e. The van der Waals surface area contributed by atoms with Gasteiger partial charge in [-0.05, 0) is 58.2 Å². The SMILES string of the molecule is CC(C)(C)OC(=O)NCC1CCN(CC(=O)N(CCC(N)=O)Cc2ccccc2)CC1. The molecule has 8 heteroatoms. The summed E-state index contributed by atoms with van der Waals surface area (Å²) in [5.41, 5.74) is 5.81. The van der Waals surface area contributed by atoms with Crippen LogP contribution in [-0.4, -0.2) is 66.0 Å². The van der Waals surface area contributed by atoms with E-state index in [1.54, 1.807) is 4.90 Å². The number of amides is 3. The first kappa shape index (κ1) is 24.7. The largest absolute Gasteiger partial charge is 0.444 e. The lowest BCUT2D eigenvalue weighted by molar-refractivity contribution is -0.133. The van der Waals surface area contributed by atoms with Crippen molar-refractivity contribution in [3.05, 3.63) is 35.9 Å². The number of nitrogens with one attached hydrogen (secondary N) is 1. The van der Waals surface area contributed by atoms with Gasteiger partial charge in [0.2, 0.25) is 11.8 Å². The average molecular weight is 433 g/mol. The second kappa shape index (κ2) is 11.7. The molecular formula is C23H36N4O4. The van der Waals surface area contributed by atoms with Crippen molar-refractivity contribution in [3.63, 3.8) is 0 Å². The van der Waals surface area contributed by atoms with E-state index >= 15 is 0 Å². The van der Waals surface area contributed by atoms with E-state index in [1.807, 2.05) is 51.1 Å². The van der Waals surface area contributed by atoms with E-state index in [2.05, 4.69) is 10.2 Å². The quantitative estimate of drug-likeness (QED) is 0.622. The average Bonchev–Trinajstić information content (AvgIpc) is 2.70. The van der Waals surface area contributed by atoms with Gasteiger partial charge in [0.25, 0.3) is 0 Å². The highest BCUT2D eigenvalue weighted by molar-refractivity contribution is 5.79. The second-order valence-electron chi connectivity index (χ2n) is 9.12. The van der Waals surface area contributed by atoms with Crippen LogP contribution in [0.4, 0.5) is 4.79 Å². The van der Waals surface area contributed by atoms with Crippen LogP contribution in [0.2, 0.25) is 0 Å². The Morgan fingerprint density at radius 2 is 1.81 bits per heavy atom. The number of hydrogen-bond donors (Lipinski definition) is 2. The van der Waals surface area contributed by atoms with Gasteiger partial charge in [0, 0.05) is 26.1 Å². The highest BCUT2D eigenvalue weighted by Gasteiger charge is 2.24. The number of ether oxygens (including phenoxy) is 1. The van der Waals surface area contributed by atoms with Crippen LogP contribution in [0.5, 0.6) is 0 Å². The van der Waals surface area contributed by atoms with Crippen LogP contribution in [-0.2, 0) is 20.9 Å². The minimum atomic E-state index is -0.506. The Morgan fingerprint density at radius 1 is 1.16 bits per heavy atom. The van der Waals surface area contributed by atoms with Crippen LogP contribution < -0.4 is 11.1 Å². The van der Waals surface area contributed by atoms with Crippen LogP contribution in [0.3, 0.4) is 0 Å². The number of carbonyl (C=O) groups excluding carboxylic acids is 3. The molecule has 8 nitrogen and oxygen atoms in total. The van der Waals surface area contributed by atoms with Gasteiger partial charge in [-0.2, -0.15) is 0 Å². The molecule has 0 spiro atoms. The molecule has 3 amide bonds. The van der Waals surface area contributed by atoms with Gasteiger partial charge in [0.15, 0.2) is 0 Å². The molecule has 1 aromatic carbocycles. The Labute approximate surface area is 185 Å². The van der Waals surface area contributed by atoms with Gasteiger partial charge in [-0.1, -0.05) is 30.3 Å². The maximum atomic E-state index is 12.9. The lowest BCUT2D eigenvalue weighted by atomic mass is 9.97. The third-order valence-corrected chi connectivity index (χ3v) is 5.20. The Hall–Kier alpha value is -2.61. The summed E-state index contributed by atoms with van der Waals surface area (Å²) < 4.78 is 5.27. The van der Waals surface area contributed by atoms with Gasteiger partial charge in [0.1, 0.15) is 5.60 Å². The maximum absolute atomic E-state index is 12.9. The molecule has 0 aromatic heterocycles. The fraction of sp³-hybridized carbons (Fsp3) is 0.609. The number of carbonyl (C=O) groups is 3. The summed E-state index contributed by atoms with van der Waals surface area (Å²) >= 11 is 0. The molecule has 1 aliphatic rings. The summed E-state index contributed by atoms with van der Waals surface area (Å²) in [7, 11) is 0. The molecule has 1 saturated heterocycles. The number of nitrogens with zero attached hydrogens (tertiary/aromatic N) is 2. The highest BCUT2D eigenvalue weighted by Crippen LogP contribution is 2.17. The summed E-state index contributed by atoms with van der Waals surface area (Å²) in [4.78, 5) is 39.8. The first-order chi connectivity index (χ1) is 14.6. The number of likely N-dealkylation sites (tertiary alicyclic amines) is 1. The molecule has 0 atom stereocenters. The predicted octanol–water partition coefficient (Wildman–Crippen LogP) is 2.13. The summed E-state index contributed by atoms with van der Waals surface area (Å²) in [6.07, 6.45) is 1.57. The van der Waals surface area contributed by atoms with Gasteiger partial charge >= 0.3 is 6.09 Å². The highest BCUT2D eigenvalue weighted by atomic mass is 16.6. The van der Waals surface area contributed by atoms with Gasteiger partial charge in [-0.3, -0.25) is 14.5 Å². The van der Waals surface area contributed by atoms with Gasteiger partial charge in [0.05, 0.1) is 6.54 Å². The van der Waals surface area contributed by atoms with E-state index in [0.29, 0.717) is 32.1 Å². The normalized spacial score (nSPS) is 15.3. The standard InChI is InChI=1S/C23H36N4O4/c1-23(2,3)31-22(30)25-15-18-9-12-26(13-10-18)17-21(29)27(14-11-20(24)28)16-19-7-5-4-6-8-19/h4-8,18H,9-17H2,1-3H3,(H2,24,28)(H,25,30). The molecule has 0 aliphatic carbocycles. The predicted molar refractivity (Wildman–Crippen MR) is 119 cm³/mol. The monoisotopic (exact) mass is 432 g/mol. The molecule has 3 N–H and O–H groups in total. The molecule has 31 heavy (non-hydrogen) atoms. The molecule has 2 rings (SSSR count). The number of benzene rings is 1. The lowest BCUT2D eigenvalue weighted by Gasteiger charge is -2.33. The summed E-state index contributed by atoms with van der Waals surface area (Å²) in [6.45, 7) is 8.78. The maximum Gasteiger partial charge on any atom is 0.407 e. The van der Waals surface area contributed by atoms with Gasteiger partial charge < -0.3 is 20.7 Å². The van der Waals surface area contributed by atoms with Crippen molar-refractivity contribution < 1.29 is 19.1 Å². The first-order valence-electron chi connectivity index (χ1n) is 10.9. The van der Waals surface area contributed by atoms with Crippen molar-refractivity contribution in [2.24, 2.45) is 11.7 Å². The topological polar surface area (TPSA) is 105 Å². The Kier molecular flexibility index (Phi) is 9.30. The Balaban J connectivity index is 1.79. The molecule has 172 valence electrons. The number of hydrogen-bond acceptors (Lipinski definition) is 5. The van der Waals surface area contributed by atoms with E-state index < -0.39 is 17.6 Å². The summed E-state index contributed by atoms with van der Waals surface area (Å²) in [5.74, 6) is -0.0475. The van der Waals surface area contributed by atoms with Gasteiger partial charge in [-0.25, -0.2) is 4.79 Å². The zero-order chi connectivity index (χ0) is 22.9. The number of nitrogens with two attached hydrogens (primary N) is 1. The van der Waals surface area contributed by atoms with E-state index in [4.69, 9.17) is 10.5 Å². The van der Waals surface area contributed by atoms with Crippen LogP contribution in [0.25, 0.3) is 0 Å². The van der Waals surface area contributed by atoms with Crippen LogP contribution >= 0.6 is 0 Å². The number of rotatable bonds is 9. The van der Waals surface area contributed by atoms with Crippen molar-refractivity contribution >= 4 is 17.9 Å². The van der Waals surface area contributed by atoms with Crippen LogP contribution in [0, 0.1) is 5.92 Å². The zero-order valence-corrected chi connectivity index (χ0v) is 18.9. The molecule has 0 unspecified atom stereocenters. The number of primary amides is 1. The molecule has 0 saturated carbocycles. The van der Waals surface area contributed by atoms with Crippen molar-refractivity contribution in [1.29, 1.82) is 0 Å². The fourth-order valence-corrected chi connectivity index (χ4v) is 3.52. The first-order valence-corrected chi connectivity index (χ1v) is 10.9. The van der Waals surface area contributed by atoms with E-state index in [0.717, 1.165) is 31.5 Å². The molecule has 0 bridgehead atoms. The molecule has 1 aromatic rings. The number of alkyl carbamates (subject to hydrolysis) is 1. The molecule has 1 heterocycles. The smallest absolute Gasteiger partial charge is 0.407 e.